The zero-order chi connectivity index (χ0) is 14.2. The maximum Gasteiger partial charge on any atom is 0.142 e. The largest absolute Gasteiger partial charge is 0.309 e. The highest BCUT2D eigenvalue weighted by molar-refractivity contribution is 9.10. The molecule has 0 radical (unpaired) electrons. The van der Waals surface area contributed by atoms with Crippen molar-refractivity contribution in [3.63, 3.8) is 0 Å². The summed E-state index contributed by atoms with van der Waals surface area (Å²) >= 11 is 10.5. The average molecular weight is 367 g/mol. The highest BCUT2D eigenvalue weighted by atomic mass is 79.9. The quantitative estimate of drug-likeness (QED) is 0.749. The van der Waals surface area contributed by atoms with E-state index in [9.17, 15) is 8.78 Å². The van der Waals surface area contributed by atoms with E-state index in [0.717, 1.165) is 26.4 Å². The molecule has 1 unspecified atom stereocenters. The molecule has 102 valence electrons. The van der Waals surface area contributed by atoms with E-state index in [1.807, 2.05) is 13.0 Å². The van der Waals surface area contributed by atoms with Gasteiger partial charge in [-0.15, -0.1) is 11.3 Å². The second kappa shape index (κ2) is 5.87. The smallest absolute Gasteiger partial charge is 0.142 e. The van der Waals surface area contributed by atoms with Gasteiger partial charge in [-0.05, 0) is 48.1 Å². The van der Waals surface area contributed by atoms with Crippen molar-refractivity contribution in [3.05, 3.63) is 54.6 Å². The number of benzene rings is 1. The van der Waals surface area contributed by atoms with Crippen molar-refractivity contribution in [1.29, 1.82) is 0 Å². The van der Waals surface area contributed by atoms with Crippen LogP contribution in [-0.4, -0.2) is 7.05 Å². The van der Waals surface area contributed by atoms with E-state index in [0.29, 0.717) is 0 Å². The second-order valence-electron chi connectivity index (χ2n) is 4.06. The van der Waals surface area contributed by atoms with Crippen LogP contribution in [-0.2, 0) is 0 Å². The molecule has 6 heteroatoms. The Morgan fingerprint density at radius 2 is 1.95 bits per heavy atom. The molecule has 0 bridgehead atoms. The number of rotatable bonds is 3. The van der Waals surface area contributed by atoms with Gasteiger partial charge in [-0.25, -0.2) is 8.78 Å². The van der Waals surface area contributed by atoms with E-state index in [4.69, 9.17) is 11.6 Å². The van der Waals surface area contributed by atoms with E-state index >= 15 is 0 Å². The van der Waals surface area contributed by atoms with Gasteiger partial charge in [-0.1, -0.05) is 11.6 Å². The molecule has 1 nitrogen and oxygen atoms in total. The molecule has 0 saturated carbocycles. The van der Waals surface area contributed by atoms with Gasteiger partial charge in [0.05, 0.1) is 11.1 Å². The third-order valence-corrected chi connectivity index (χ3v) is 5.29. The van der Waals surface area contributed by atoms with Crippen LogP contribution in [0.15, 0.2) is 22.7 Å². The van der Waals surface area contributed by atoms with Crippen LogP contribution < -0.4 is 5.32 Å². The van der Waals surface area contributed by atoms with Crippen LogP contribution in [0, 0.1) is 18.6 Å². The van der Waals surface area contributed by atoms with Crippen molar-refractivity contribution in [2.24, 2.45) is 0 Å². The summed E-state index contributed by atoms with van der Waals surface area (Å²) in [6.45, 7) is 1.96. The average Bonchev–Trinajstić information content (AvgIpc) is 2.67. The van der Waals surface area contributed by atoms with Gasteiger partial charge in [0.2, 0.25) is 0 Å². The molecule has 0 amide bonds. The Morgan fingerprint density at radius 1 is 1.26 bits per heavy atom. The third kappa shape index (κ3) is 2.99. The van der Waals surface area contributed by atoms with Gasteiger partial charge in [0.15, 0.2) is 0 Å². The highest BCUT2D eigenvalue weighted by Gasteiger charge is 2.21. The van der Waals surface area contributed by atoms with Gasteiger partial charge in [-0.3, -0.25) is 0 Å². The minimum Gasteiger partial charge on any atom is -0.309 e. The van der Waals surface area contributed by atoms with Crippen LogP contribution in [0.2, 0.25) is 5.02 Å². The summed E-state index contributed by atoms with van der Waals surface area (Å²) in [5.41, 5.74) is 0.248. The monoisotopic (exact) mass is 365 g/mol. The summed E-state index contributed by atoms with van der Waals surface area (Å²) in [5.74, 6) is -1.14. The van der Waals surface area contributed by atoms with E-state index in [2.05, 4.69) is 21.2 Å². The molecule has 1 heterocycles. The predicted molar refractivity (Wildman–Crippen MR) is 79.0 cm³/mol. The lowest BCUT2D eigenvalue weighted by Gasteiger charge is -2.16. The lowest BCUT2D eigenvalue weighted by Crippen LogP contribution is -2.18. The standard InChI is InChI=1S/C13H11BrClF2NS/c1-6-8(14)4-12(19-6)13(18-2)7-3-11(17)9(15)5-10(7)16/h3-5,13,18H,1-2H3. The molecule has 0 aliphatic heterocycles. The molecule has 1 aromatic heterocycles. The first-order chi connectivity index (χ1) is 8.93. The van der Waals surface area contributed by atoms with E-state index in [-0.39, 0.29) is 10.6 Å². The van der Waals surface area contributed by atoms with Crippen LogP contribution in [0.4, 0.5) is 8.78 Å². The van der Waals surface area contributed by atoms with E-state index < -0.39 is 17.7 Å². The lowest BCUT2D eigenvalue weighted by molar-refractivity contribution is 0.561. The van der Waals surface area contributed by atoms with Crippen LogP contribution in [0.1, 0.15) is 21.4 Å². The normalized spacial score (nSPS) is 12.7. The molecule has 0 aliphatic rings. The van der Waals surface area contributed by atoms with Crippen molar-refractivity contribution in [1.82, 2.24) is 5.32 Å². The molecule has 0 spiro atoms. The summed E-state index contributed by atoms with van der Waals surface area (Å²) < 4.78 is 28.4. The summed E-state index contributed by atoms with van der Waals surface area (Å²) in [4.78, 5) is 2.00. The van der Waals surface area contributed by atoms with Gasteiger partial charge in [-0.2, -0.15) is 0 Å². The van der Waals surface area contributed by atoms with Gasteiger partial charge < -0.3 is 5.32 Å². The fourth-order valence-electron chi connectivity index (χ4n) is 1.83. The Hall–Kier alpha value is -0.490. The Bertz CT molecular complexity index is 595. The maximum absolute atomic E-state index is 14.0. The Morgan fingerprint density at radius 3 is 2.47 bits per heavy atom. The van der Waals surface area contributed by atoms with Crippen LogP contribution in [0.25, 0.3) is 0 Å². The first-order valence-electron chi connectivity index (χ1n) is 5.51. The minimum absolute atomic E-state index is 0.209. The molecule has 1 atom stereocenters. The van der Waals surface area contributed by atoms with Crippen molar-refractivity contribution in [2.45, 2.75) is 13.0 Å². The Labute approximate surface area is 127 Å². The van der Waals surface area contributed by atoms with Crippen LogP contribution in [0.3, 0.4) is 0 Å². The summed E-state index contributed by atoms with van der Waals surface area (Å²) in [5, 5.41) is 2.79. The third-order valence-electron chi connectivity index (χ3n) is 2.80. The molecule has 19 heavy (non-hydrogen) atoms. The molecule has 2 rings (SSSR count). The van der Waals surface area contributed by atoms with Gasteiger partial charge >= 0.3 is 0 Å². The molecular weight excluding hydrogens is 356 g/mol. The van der Waals surface area contributed by atoms with Crippen LogP contribution >= 0.6 is 38.9 Å². The molecular formula is C13H11BrClF2NS. The van der Waals surface area contributed by atoms with E-state index in [1.165, 1.54) is 11.3 Å². The number of nitrogens with one attached hydrogen (secondary N) is 1. The summed E-state index contributed by atoms with van der Waals surface area (Å²) in [6.07, 6.45) is 0. The first-order valence-corrected chi connectivity index (χ1v) is 7.50. The summed E-state index contributed by atoms with van der Waals surface area (Å²) in [7, 11) is 1.71. The van der Waals surface area contributed by atoms with Gasteiger partial charge in [0.25, 0.3) is 0 Å². The van der Waals surface area contributed by atoms with Crippen molar-refractivity contribution in [3.8, 4) is 0 Å². The molecule has 1 N–H and O–H groups in total. The lowest BCUT2D eigenvalue weighted by atomic mass is 10.0. The fraction of sp³-hybridized carbons (Fsp3) is 0.231. The summed E-state index contributed by atoms with van der Waals surface area (Å²) in [6, 6.07) is 3.66. The molecule has 1 aromatic carbocycles. The molecule has 0 aliphatic carbocycles. The van der Waals surface area contributed by atoms with Crippen molar-refractivity contribution >= 4 is 38.9 Å². The number of hydrogen-bond acceptors (Lipinski definition) is 2. The molecule has 0 saturated heterocycles. The minimum atomic E-state index is -0.620. The van der Waals surface area contributed by atoms with Crippen molar-refractivity contribution in [2.75, 3.05) is 7.05 Å². The number of aryl methyl sites for hydroxylation is 1. The second-order valence-corrected chi connectivity index (χ2v) is 6.61. The van der Waals surface area contributed by atoms with Gasteiger partial charge in [0, 0.05) is 19.8 Å². The zero-order valence-electron chi connectivity index (χ0n) is 10.2. The maximum atomic E-state index is 14.0. The first kappa shape index (κ1) is 14.9. The van der Waals surface area contributed by atoms with Crippen molar-refractivity contribution < 1.29 is 8.78 Å². The number of thiophene rings is 1. The topological polar surface area (TPSA) is 12.0 Å². The van der Waals surface area contributed by atoms with Crippen LogP contribution in [0.5, 0.6) is 0 Å². The Kier molecular flexibility index (Phi) is 4.61. The molecule has 0 fully saturated rings. The number of halogens is 4. The van der Waals surface area contributed by atoms with Gasteiger partial charge in [0.1, 0.15) is 11.6 Å². The zero-order valence-corrected chi connectivity index (χ0v) is 13.4. The Balaban J connectivity index is 2.50. The fourth-order valence-corrected chi connectivity index (χ4v) is 3.67. The number of hydrogen-bond donors (Lipinski definition) is 1. The highest BCUT2D eigenvalue weighted by Crippen LogP contribution is 2.35. The predicted octanol–water partition coefficient (Wildman–Crippen LogP) is 5.06. The van der Waals surface area contributed by atoms with E-state index in [1.54, 1.807) is 7.05 Å². The SMILES string of the molecule is CNC(c1cc(Br)c(C)s1)c1cc(F)c(Cl)cc1F. The molecule has 2 aromatic rings.